The average molecular weight is 497 g/mol. The first-order valence-corrected chi connectivity index (χ1v) is 11.5. The molecule has 4 aromatic rings. The fraction of sp³-hybridized carbons (Fsp3) is 0.250. The highest BCUT2D eigenvalue weighted by Crippen LogP contribution is 2.36. The minimum absolute atomic E-state index is 0.168. The van der Waals surface area contributed by atoms with Crippen molar-refractivity contribution >= 4 is 39.9 Å². The Morgan fingerprint density at radius 2 is 1.97 bits per heavy atom. The van der Waals surface area contributed by atoms with Crippen LogP contribution in [0.1, 0.15) is 37.0 Å². The number of aromatic nitrogens is 4. The molecule has 3 aromatic heterocycles. The van der Waals surface area contributed by atoms with Crippen LogP contribution in [0.15, 0.2) is 36.7 Å². The Bertz CT molecular complexity index is 1430. The van der Waals surface area contributed by atoms with E-state index < -0.39 is 12.1 Å². The molecular weight excluding hydrogens is 478 g/mol. The molecule has 34 heavy (non-hydrogen) atoms. The Labute approximate surface area is 205 Å². The van der Waals surface area contributed by atoms with Gasteiger partial charge in [-0.25, -0.2) is 9.97 Å². The van der Waals surface area contributed by atoms with Crippen LogP contribution in [0.2, 0.25) is 10.0 Å². The third-order valence-electron chi connectivity index (χ3n) is 5.89. The van der Waals surface area contributed by atoms with E-state index in [0.29, 0.717) is 28.4 Å². The molecule has 0 aliphatic carbocycles. The molecule has 172 valence electrons. The van der Waals surface area contributed by atoms with Crippen LogP contribution in [0.3, 0.4) is 0 Å². The largest absolute Gasteiger partial charge is 0.486 e. The van der Waals surface area contributed by atoms with Gasteiger partial charge < -0.3 is 9.64 Å². The number of H-pyrrole nitrogens is 1. The number of halogens is 3. The summed E-state index contributed by atoms with van der Waals surface area (Å²) < 4.78 is 19.9. The summed E-state index contributed by atoms with van der Waals surface area (Å²) in [5.74, 6) is 0.427. The summed E-state index contributed by atoms with van der Waals surface area (Å²) in [4.78, 5) is 10.2. The van der Waals surface area contributed by atoms with Crippen LogP contribution in [0, 0.1) is 17.3 Å². The van der Waals surface area contributed by atoms with Gasteiger partial charge in [0.1, 0.15) is 34.5 Å². The number of ether oxygens (including phenoxy) is 1. The van der Waals surface area contributed by atoms with Crippen LogP contribution in [-0.2, 0) is 0 Å². The van der Waals surface area contributed by atoms with Gasteiger partial charge in [-0.05, 0) is 44.0 Å². The lowest BCUT2D eigenvalue weighted by Gasteiger charge is -2.18. The first kappa shape index (κ1) is 22.4. The molecule has 1 saturated heterocycles. The lowest BCUT2D eigenvalue weighted by atomic mass is 10.1. The van der Waals surface area contributed by atoms with Crippen molar-refractivity contribution in [3.63, 3.8) is 0 Å². The summed E-state index contributed by atoms with van der Waals surface area (Å²) in [5.41, 5.74) is 3.00. The van der Waals surface area contributed by atoms with Crippen molar-refractivity contribution in [1.29, 1.82) is 5.26 Å². The molecule has 1 fully saturated rings. The molecule has 5 rings (SSSR count). The van der Waals surface area contributed by atoms with E-state index in [0.717, 1.165) is 42.4 Å². The Morgan fingerprint density at radius 3 is 2.74 bits per heavy atom. The Balaban J connectivity index is 1.48. The number of nitrogens with one attached hydrogen (secondary N) is 1. The second-order valence-electron chi connectivity index (χ2n) is 8.07. The highest BCUT2D eigenvalue weighted by Gasteiger charge is 2.21. The van der Waals surface area contributed by atoms with Crippen molar-refractivity contribution in [2.45, 2.75) is 25.9 Å². The highest BCUT2D eigenvalue weighted by atomic mass is 35.5. The van der Waals surface area contributed by atoms with Crippen LogP contribution in [0.4, 0.5) is 10.2 Å². The van der Waals surface area contributed by atoms with E-state index in [2.05, 4.69) is 31.1 Å². The first-order valence-electron chi connectivity index (χ1n) is 10.8. The van der Waals surface area contributed by atoms with E-state index in [9.17, 15) is 9.65 Å². The van der Waals surface area contributed by atoms with Gasteiger partial charge in [-0.2, -0.15) is 14.8 Å². The summed E-state index contributed by atoms with van der Waals surface area (Å²) in [6.45, 7) is 3.54. The van der Waals surface area contributed by atoms with Crippen LogP contribution < -0.4 is 9.64 Å². The van der Waals surface area contributed by atoms with Crippen molar-refractivity contribution in [2.24, 2.45) is 0 Å². The highest BCUT2D eigenvalue weighted by molar-refractivity contribution is 6.35. The van der Waals surface area contributed by atoms with Crippen molar-refractivity contribution in [1.82, 2.24) is 20.2 Å². The number of benzene rings is 1. The number of hydrogen-bond acceptors (Lipinski definition) is 6. The number of anilines is 1. The topological polar surface area (TPSA) is 90.7 Å². The Hall–Kier alpha value is -3.41. The van der Waals surface area contributed by atoms with Gasteiger partial charge in [-0.3, -0.25) is 5.10 Å². The number of hydrogen-bond donors (Lipinski definition) is 1. The zero-order chi connectivity index (χ0) is 23.8. The van der Waals surface area contributed by atoms with Crippen molar-refractivity contribution in [3.05, 3.63) is 63.8 Å². The van der Waals surface area contributed by atoms with E-state index in [1.165, 1.54) is 6.20 Å². The molecule has 0 unspecified atom stereocenters. The summed E-state index contributed by atoms with van der Waals surface area (Å²) in [7, 11) is 0. The maximum absolute atomic E-state index is 13.9. The maximum Gasteiger partial charge on any atom is 0.232 e. The van der Waals surface area contributed by atoms with E-state index in [1.54, 1.807) is 19.2 Å². The molecule has 7 nitrogen and oxygen atoms in total. The zero-order valence-corrected chi connectivity index (χ0v) is 19.7. The van der Waals surface area contributed by atoms with Crippen LogP contribution in [0.25, 0.3) is 22.2 Å². The van der Waals surface area contributed by atoms with Gasteiger partial charge in [-0.1, -0.05) is 23.2 Å². The van der Waals surface area contributed by atoms with E-state index in [-0.39, 0.29) is 10.0 Å². The molecule has 1 aliphatic rings. The van der Waals surface area contributed by atoms with Crippen molar-refractivity contribution in [3.8, 4) is 23.1 Å². The predicted molar refractivity (Wildman–Crippen MR) is 129 cm³/mol. The lowest BCUT2D eigenvalue weighted by Crippen LogP contribution is -2.20. The second-order valence-corrected chi connectivity index (χ2v) is 8.85. The lowest BCUT2D eigenvalue weighted by molar-refractivity contribution is 0.226. The van der Waals surface area contributed by atoms with Gasteiger partial charge in [0.2, 0.25) is 5.95 Å². The van der Waals surface area contributed by atoms with Gasteiger partial charge in [0, 0.05) is 42.0 Å². The van der Waals surface area contributed by atoms with Crippen LogP contribution in [0.5, 0.6) is 5.75 Å². The van der Waals surface area contributed by atoms with E-state index in [4.69, 9.17) is 27.9 Å². The summed E-state index contributed by atoms with van der Waals surface area (Å²) in [6.07, 6.45) is 4.52. The van der Waals surface area contributed by atoms with Gasteiger partial charge in [0.05, 0.1) is 16.1 Å². The molecule has 1 atom stereocenters. The number of pyridine rings is 2. The summed E-state index contributed by atoms with van der Waals surface area (Å²) in [6, 6.07) is 9.51. The van der Waals surface area contributed by atoms with E-state index in [1.807, 2.05) is 18.2 Å². The first-order chi connectivity index (χ1) is 16.5. The molecule has 4 heterocycles. The number of nitriles is 1. The number of aromatic amines is 1. The molecule has 1 N–H and O–H groups in total. The molecule has 0 spiro atoms. The predicted octanol–water partition coefficient (Wildman–Crippen LogP) is 6.08. The van der Waals surface area contributed by atoms with Crippen LogP contribution in [-0.4, -0.2) is 33.3 Å². The fourth-order valence-corrected chi connectivity index (χ4v) is 4.88. The average Bonchev–Trinajstić information content (AvgIpc) is 3.51. The summed E-state index contributed by atoms with van der Waals surface area (Å²) in [5, 5.41) is 18.0. The second kappa shape index (κ2) is 9.09. The number of fused-ring (bicyclic) bond motifs is 1. The molecule has 1 aliphatic heterocycles. The third kappa shape index (κ3) is 4.02. The summed E-state index contributed by atoms with van der Waals surface area (Å²) >= 11 is 12.3. The van der Waals surface area contributed by atoms with Crippen LogP contribution >= 0.6 is 23.2 Å². The smallest absolute Gasteiger partial charge is 0.232 e. The SMILES string of the molecule is C[C@@H](Oc1ccc2[nH]nc(-c3cnc(N4CCCC4)c(C#N)c3)c2c1)c1c(Cl)cnc(F)c1Cl. The quantitative estimate of drug-likeness (QED) is 0.336. The van der Waals surface area contributed by atoms with Gasteiger partial charge in [0.25, 0.3) is 0 Å². The number of rotatable bonds is 5. The minimum atomic E-state index is -0.803. The van der Waals surface area contributed by atoms with Gasteiger partial charge >= 0.3 is 0 Å². The molecule has 0 bridgehead atoms. The van der Waals surface area contributed by atoms with Gasteiger partial charge in [0.15, 0.2) is 0 Å². The monoisotopic (exact) mass is 496 g/mol. The molecule has 0 saturated carbocycles. The maximum atomic E-state index is 13.9. The van der Waals surface area contributed by atoms with Crippen molar-refractivity contribution in [2.75, 3.05) is 18.0 Å². The van der Waals surface area contributed by atoms with Crippen molar-refractivity contribution < 1.29 is 9.13 Å². The Morgan fingerprint density at radius 1 is 1.18 bits per heavy atom. The Kier molecular flexibility index (Phi) is 5.98. The molecular formula is C24H19Cl2FN6O. The number of nitrogens with zero attached hydrogens (tertiary/aromatic N) is 5. The third-order valence-corrected chi connectivity index (χ3v) is 6.55. The van der Waals surface area contributed by atoms with E-state index >= 15 is 0 Å². The molecule has 0 amide bonds. The molecule has 1 aromatic carbocycles. The molecule has 10 heteroatoms. The standard InChI is InChI=1S/C24H19Cl2FN6O/c1-13(20-18(25)12-29-23(27)21(20)26)34-16-4-5-19-17(9-16)22(32-31-19)15-8-14(10-28)24(30-11-15)33-6-2-3-7-33/h4-5,8-9,11-13H,2-3,6-7H2,1H3,(H,31,32)/t13-/m1/s1. The fourth-order valence-electron chi connectivity index (χ4n) is 4.23. The van der Waals surface area contributed by atoms with Gasteiger partial charge in [-0.15, -0.1) is 0 Å². The molecule has 0 radical (unpaired) electrons. The normalized spacial score (nSPS) is 14.4. The minimum Gasteiger partial charge on any atom is -0.486 e. The zero-order valence-electron chi connectivity index (χ0n) is 18.1.